The molecule has 0 saturated carbocycles. The molecule has 0 fully saturated rings. The molecular formula is C16H14BrNO3. The molecule has 5 heteroatoms. The first kappa shape index (κ1) is 15.2. The number of halogens is 1. The van der Waals surface area contributed by atoms with Crippen LogP contribution in [0.3, 0.4) is 0 Å². The van der Waals surface area contributed by atoms with Crippen LogP contribution in [-0.2, 0) is 6.61 Å². The standard InChI is InChI=1S/C16H14BrNO3/c1-19-14-7-6-11(8-12(14)9-18)10-21-16-13(17)4-3-5-15(16)20-2/h3-8H,10H2,1-2H3. The minimum atomic E-state index is 0.331. The normalized spacial score (nSPS) is 9.81. The molecular weight excluding hydrogens is 334 g/mol. The number of hydrogen-bond acceptors (Lipinski definition) is 4. The van der Waals surface area contributed by atoms with Crippen LogP contribution in [-0.4, -0.2) is 14.2 Å². The lowest BCUT2D eigenvalue weighted by atomic mass is 10.1. The Morgan fingerprint density at radius 2 is 1.86 bits per heavy atom. The van der Waals surface area contributed by atoms with E-state index >= 15 is 0 Å². The largest absolute Gasteiger partial charge is 0.495 e. The number of hydrogen-bond donors (Lipinski definition) is 0. The van der Waals surface area contributed by atoms with Crippen molar-refractivity contribution in [3.63, 3.8) is 0 Å². The van der Waals surface area contributed by atoms with Crippen molar-refractivity contribution < 1.29 is 14.2 Å². The highest BCUT2D eigenvalue weighted by Crippen LogP contribution is 2.35. The molecule has 2 aromatic rings. The number of para-hydroxylation sites is 1. The zero-order valence-electron chi connectivity index (χ0n) is 11.7. The van der Waals surface area contributed by atoms with Crippen molar-refractivity contribution in [3.8, 4) is 23.3 Å². The summed E-state index contributed by atoms with van der Waals surface area (Å²) >= 11 is 3.44. The van der Waals surface area contributed by atoms with E-state index in [0.717, 1.165) is 10.0 Å². The van der Waals surface area contributed by atoms with E-state index in [4.69, 9.17) is 19.5 Å². The van der Waals surface area contributed by atoms with E-state index in [1.807, 2.05) is 24.3 Å². The lowest BCUT2D eigenvalue weighted by Gasteiger charge is -2.13. The molecule has 21 heavy (non-hydrogen) atoms. The maximum atomic E-state index is 9.09. The fourth-order valence-electron chi connectivity index (χ4n) is 1.88. The third-order valence-electron chi connectivity index (χ3n) is 2.92. The van der Waals surface area contributed by atoms with E-state index in [9.17, 15) is 0 Å². The molecule has 0 radical (unpaired) electrons. The molecule has 0 amide bonds. The highest BCUT2D eigenvalue weighted by atomic mass is 79.9. The second kappa shape index (κ2) is 7.00. The second-order valence-electron chi connectivity index (χ2n) is 4.21. The summed E-state index contributed by atoms with van der Waals surface area (Å²) in [5.74, 6) is 1.84. The van der Waals surface area contributed by atoms with Gasteiger partial charge in [-0.05, 0) is 45.8 Å². The Kier molecular flexibility index (Phi) is 5.07. The quantitative estimate of drug-likeness (QED) is 0.822. The number of rotatable bonds is 5. The van der Waals surface area contributed by atoms with Gasteiger partial charge in [0.15, 0.2) is 11.5 Å². The van der Waals surface area contributed by atoms with Crippen molar-refractivity contribution in [1.82, 2.24) is 0 Å². The van der Waals surface area contributed by atoms with Gasteiger partial charge in [0.05, 0.1) is 24.3 Å². The molecule has 2 rings (SSSR count). The number of methoxy groups -OCH3 is 2. The molecule has 0 unspecified atom stereocenters. The average Bonchev–Trinajstić information content (AvgIpc) is 2.53. The second-order valence-corrected chi connectivity index (χ2v) is 5.06. The number of nitrogens with zero attached hydrogens (tertiary/aromatic N) is 1. The Hall–Kier alpha value is -2.19. The third kappa shape index (κ3) is 3.47. The number of benzene rings is 2. The van der Waals surface area contributed by atoms with Gasteiger partial charge in [0.2, 0.25) is 0 Å². The molecule has 0 aliphatic heterocycles. The van der Waals surface area contributed by atoms with Crippen molar-refractivity contribution in [2.24, 2.45) is 0 Å². The first-order valence-electron chi connectivity index (χ1n) is 6.22. The van der Waals surface area contributed by atoms with Crippen LogP contribution in [0.25, 0.3) is 0 Å². The van der Waals surface area contributed by atoms with Gasteiger partial charge >= 0.3 is 0 Å². The van der Waals surface area contributed by atoms with Crippen molar-refractivity contribution in [2.75, 3.05) is 14.2 Å². The summed E-state index contributed by atoms with van der Waals surface area (Å²) in [4.78, 5) is 0. The van der Waals surface area contributed by atoms with Gasteiger partial charge in [-0.2, -0.15) is 5.26 Å². The smallest absolute Gasteiger partial charge is 0.175 e. The zero-order valence-corrected chi connectivity index (χ0v) is 13.3. The van der Waals surface area contributed by atoms with Gasteiger partial charge in [-0.3, -0.25) is 0 Å². The Labute approximate surface area is 132 Å². The van der Waals surface area contributed by atoms with Crippen LogP contribution in [0, 0.1) is 11.3 Å². The summed E-state index contributed by atoms with van der Waals surface area (Å²) < 4.78 is 17.0. The van der Waals surface area contributed by atoms with Crippen molar-refractivity contribution in [3.05, 3.63) is 52.0 Å². The lowest BCUT2D eigenvalue weighted by molar-refractivity contribution is 0.282. The minimum absolute atomic E-state index is 0.331. The van der Waals surface area contributed by atoms with Gasteiger partial charge < -0.3 is 14.2 Å². The maximum absolute atomic E-state index is 9.09. The van der Waals surface area contributed by atoms with Crippen LogP contribution < -0.4 is 14.2 Å². The molecule has 108 valence electrons. The van der Waals surface area contributed by atoms with Gasteiger partial charge in [0.1, 0.15) is 18.4 Å². The van der Waals surface area contributed by atoms with E-state index in [0.29, 0.717) is 29.4 Å². The topological polar surface area (TPSA) is 51.5 Å². The molecule has 0 aromatic heterocycles. The zero-order chi connectivity index (χ0) is 15.2. The Morgan fingerprint density at radius 3 is 2.52 bits per heavy atom. The molecule has 0 aliphatic carbocycles. The minimum Gasteiger partial charge on any atom is -0.495 e. The van der Waals surface area contributed by atoms with Gasteiger partial charge in [0, 0.05) is 0 Å². The highest BCUT2D eigenvalue weighted by molar-refractivity contribution is 9.10. The van der Waals surface area contributed by atoms with Crippen LogP contribution >= 0.6 is 15.9 Å². The van der Waals surface area contributed by atoms with Crippen molar-refractivity contribution in [2.45, 2.75) is 6.61 Å². The predicted molar refractivity (Wildman–Crippen MR) is 82.7 cm³/mol. The molecule has 0 atom stereocenters. The molecule has 0 spiro atoms. The lowest BCUT2D eigenvalue weighted by Crippen LogP contribution is -1.99. The van der Waals surface area contributed by atoms with E-state index in [2.05, 4.69) is 22.0 Å². The monoisotopic (exact) mass is 347 g/mol. The van der Waals surface area contributed by atoms with Gasteiger partial charge in [-0.15, -0.1) is 0 Å². The van der Waals surface area contributed by atoms with Gasteiger partial charge in [0.25, 0.3) is 0 Å². The number of nitriles is 1. The van der Waals surface area contributed by atoms with Gasteiger partial charge in [-0.1, -0.05) is 12.1 Å². The SMILES string of the molecule is COc1ccc(COc2c(Br)cccc2OC)cc1C#N. The Balaban J connectivity index is 2.19. The van der Waals surface area contributed by atoms with Crippen LogP contribution in [0.4, 0.5) is 0 Å². The molecule has 0 N–H and O–H groups in total. The maximum Gasteiger partial charge on any atom is 0.175 e. The summed E-state index contributed by atoms with van der Waals surface area (Å²) in [6.45, 7) is 0.331. The molecule has 0 aliphatic rings. The van der Waals surface area contributed by atoms with E-state index in [1.165, 1.54) is 7.11 Å². The predicted octanol–water partition coefficient (Wildman–Crippen LogP) is 3.92. The summed E-state index contributed by atoms with van der Waals surface area (Å²) in [6.07, 6.45) is 0. The van der Waals surface area contributed by atoms with Crippen molar-refractivity contribution in [1.29, 1.82) is 5.26 Å². The average molecular weight is 348 g/mol. The first-order valence-corrected chi connectivity index (χ1v) is 7.01. The van der Waals surface area contributed by atoms with Crippen LogP contribution in [0.1, 0.15) is 11.1 Å². The van der Waals surface area contributed by atoms with Crippen LogP contribution in [0.15, 0.2) is 40.9 Å². The molecule has 0 bridgehead atoms. The highest BCUT2D eigenvalue weighted by Gasteiger charge is 2.10. The summed E-state index contributed by atoms with van der Waals surface area (Å²) in [5, 5.41) is 9.09. The van der Waals surface area contributed by atoms with E-state index in [-0.39, 0.29) is 0 Å². The summed E-state index contributed by atoms with van der Waals surface area (Å²) in [7, 11) is 3.13. The first-order chi connectivity index (χ1) is 10.2. The number of ether oxygens (including phenoxy) is 3. The van der Waals surface area contributed by atoms with Crippen LogP contribution in [0.5, 0.6) is 17.2 Å². The summed E-state index contributed by atoms with van der Waals surface area (Å²) in [6, 6.07) is 13.1. The molecule has 0 saturated heterocycles. The van der Waals surface area contributed by atoms with Crippen LogP contribution in [0.2, 0.25) is 0 Å². The van der Waals surface area contributed by atoms with E-state index in [1.54, 1.807) is 19.2 Å². The van der Waals surface area contributed by atoms with E-state index < -0.39 is 0 Å². The molecule has 2 aromatic carbocycles. The Morgan fingerprint density at radius 1 is 1.10 bits per heavy atom. The third-order valence-corrected chi connectivity index (χ3v) is 3.54. The molecule has 0 heterocycles. The van der Waals surface area contributed by atoms with Gasteiger partial charge in [-0.25, -0.2) is 0 Å². The van der Waals surface area contributed by atoms with Crippen molar-refractivity contribution >= 4 is 15.9 Å². The summed E-state index contributed by atoms with van der Waals surface area (Å²) in [5.41, 5.74) is 1.36. The molecule has 4 nitrogen and oxygen atoms in total. The fraction of sp³-hybridized carbons (Fsp3) is 0.188. The Bertz CT molecular complexity index is 680. The fourth-order valence-corrected chi connectivity index (χ4v) is 2.34.